The van der Waals surface area contributed by atoms with Gasteiger partial charge in [-0.05, 0) is 31.5 Å². The van der Waals surface area contributed by atoms with E-state index in [0.717, 1.165) is 5.56 Å². The molecular weight excluding hydrogens is 205 g/mol. The maximum atomic E-state index is 12.9. The van der Waals surface area contributed by atoms with Crippen LogP contribution in [0.15, 0.2) is 24.3 Å². The van der Waals surface area contributed by atoms with Gasteiger partial charge in [0.25, 0.3) is 0 Å². The molecule has 0 saturated carbocycles. The average Bonchev–Trinajstić information content (AvgIpc) is 2.37. The molecule has 1 aliphatic heterocycles. The van der Waals surface area contributed by atoms with Gasteiger partial charge in [0.15, 0.2) is 0 Å². The van der Waals surface area contributed by atoms with Gasteiger partial charge in [0.05, 0.1) is 0 Å². The van der Waals surface area contributed by atoms with Crippen molar-refractivity contribution in [3.05, 3.63) is 35.6 Å². The zero-order chi connectivity index (χ0) is 12.0. The van der Waals surface area contributed by atoms with Crippen LogP contribution >= 0.6 is 0 Å². The minimum absolute atomic E-state index is 0.0526. The highest BCUT2D eigenvalue weighted by atomic mass is 19.1. The van der Waals surface area contributed by atoms with Crippen LogP contribution in [0.25, 0.3) is 0 Å². The Labute approximate surface area is 94.9 Å². The Morgan fingerprint density at radius 2 is 1.75 bits per heavy atom. The Morgan fingerprint density at radius 3 is 2.19 bits per heavy atom. The lowest BCUT2D eigenvalue weighted by molar-refractivity contribution is -0.119. The predicted molar refractivity (Wildman–Crippen MR) is 60.6 cm³/mol. The second-order valence-corrected chi connectivity index (χ2v) is 5.19. The molecule has 1 heterocycles. The first-order chi connectivity index (χ1) is 7.35. The molecule has 0 radical (unpaired) electrons. The Balaban J connectivity index is 2.46. The van der Waals surface area contributed by atoms with Crippen LogP contribution in [0.3, 0.4) is 0 Å². The fraction of sp³-hybridized carbons (Fsp3) is 0.462. The van der Waals surface area contributed by atoms with E-state index in [9.17, 15) is 9.18 Å². The third-order valence-corrected chi connectivity index (χ3v) is 3.83. The minimum atomic E-state index is -0.304. The van der Waals surface area contributed by atoms with E-state index >= 15 is 0 Å². The first-order valence-corrected chi connectivity index (χ1v) is 5.42. The van der Waals surface area contributed by atoms with E-state index in [4.69, 9.17) is 0 Å². The van der Waals surface area contributed by atoms with Crippen LogP contribution in [-0.2, 0) is 10.2 Å². The topological polar surface area (TPSA) is 29.1 Å². The number of nitrogens with one attached hydrogen (secondary N) is 1. The molecule has 0 aliphatic carbocycles. The van der Waals surface area contributed by atoms with E-state index < -0.39 is 0 Å². The Kier molecular flexibility index (Phi) is 2.30. The molecule has 1 unspecified atom stereocenters. The molecule has 2 nitrogen and oxygen atoms in total. The van der Waals surface area contributed by atoms with E-state index in [2.05, 4.69) is 5.32 Å². The van der Waals surface area contributed by atoms with Gasteiger partial charge in [0.2, 0.25) is 5.91 Å². The van der Waals surface area contributed by atoms with Gasteiger partial charge in [-0.3, -0.25) is 4.79 Å². The van der Waals surface area contributed by atoms with Gasteiger partial charge in [0, 0.05) is 17.4 Å². The summed E-state index contributed by atoms with van der Waals surface area (Å²) in [5, 5.41) is 2.96. The van der Waals surface area contributed by atoms with Crippen LogP contribution in [0.1, 0.15) is 32.8 Å². The SMILES string of the molecule is CC1(C)NC(=O)CC1(C)c1ccc(F)cc1. The van der Waals surface area contributed by atoms with Crippen molar-refractivity contribution >= 4 is 5.91 Å². The maximum Gasteiger partial charge on any atom is 0.221 e. The number of carbonyl (C=O) groups is 1. The lowest BCUT2D eigenvalue weighted by Gasteiger charge is -2.37. The van der Waals surface area contributed by atoms with Crippen molar-refractivity contribution in [2.24, 2.45) is 0 Å². The fourth-order valence-corrected chi connectivity index (χ4v) is 2.35. The summed E-state index contributed by atoms with van der Waals surface area (Å²) in [6.45, 7) is 6.04. The molecule has 3 heteroatoms. The van der Waals surface area contributed by atoms with Crippen molar-refractivity contribution in [1.82, 2.24) is 5.32 Å². The highest BCUT2D eigenvalue weighted by Crippen LogP contribution is 2.42. The normalized spacial score (nSPS) is 27.9. The van der Waals surface area contributed by atoms with Crippen molar-refractivity contribution in [1.29, 1.82) is 0 Å². The summed E-state index contributed by atoms with van der Waals surface area (Å²) < 4.78 is 12.9. The Morgan fingerprint density at radius 1 is 1.19 bits per heavy atom. The number of hydrogen-bond donors (Lipinski definition) is 1. The predicted octanol–water partition coefficient (Wildman–Crippen LogP) is 2.38. The molecule has 2 rings (SSSR count). The summed E-state index contributed by atoms with van der Waals surface area (Å²) in [7, 11) is 0. The van der Waals surface area contributed by atoms with Gasteiger partial charge >= 0.3 is 0 Å². The zero-order valence-electron chi connectivity index (χ0n) is 9.80. The van der Waals surface area contributed by atoms with E-state index in [-0.39, 0.29) is 22.7 Å². The summed E-state index contributed by atoms with van der Waals surface area (Å²) in [6, 6.07) is 6.41. The highest BCUT2D eigenvalue weighted by molar-refractivity contribution is 5.82. The van der Waals surface area contributed by atoms with Crippen LogP contribution in [0.4, 0.5) is 4.39 Å². The number of benzene rings is 1. The fourth-order valence-electron chi connectivity index (χ4n) is 2.35. The molecule has 1 amide bonds. The minimum Gasteiger partial charge on any atom is -0.350 e. The molecule has 0 bridgehead atoms. The Bertz CT molecular complexity index is 424. The van der Waals surface area contributed by atoms with E-state index in [1.807, 2.05) is 20.8 Å². The summed E-state index contributed by atoms with van der Waals surface area (Å²) in [4.78, 5) is 11.5. The third kappa shape index (κ3) is 1.51. The molecule has 1 N–H and O–H groups in total. The monoisotopic (exact) mass is 221 g/mol. The van der Waals surface area contributed by atoms with Crippen LogP contribution in [0, 0.1) is 5.82 Å². The molecule has 1 saturated heterocycles. The third-order valence-electron chi connectivity index (χ3n) is 3.83. The molecule has 1 aromatic carbocycles. The number of halogens is 1. The van der Waals surface area contributed by atoms with Crippen molar-refractivity contribution in [3.8, 4) is 0 Å². The quantitative estimate of drug-likeness (QED) is 0.775. The van der Waals surface area contributed by atoms with E-state index in [1.165, 1.54) is 12.1 Å². The average molecular weight is 221 g/mol. The molecule has 1 aliphatic rings. The van der Waals surface area contributed by atoms with Crippen LogP contribution in [0.2, 0.25) is 0 Å². The molecule has 16 heavy (non-hydrogen) atoms. The van der Waals surface area contributed by atoms with Crippen molar-refractivity contribution in [2.75, 3.05) is 0 Å². The summed E-state index contributed by atoms with van der Waals surface area (Å²) in [5.74, 6) is -0.195. The maximum absolute atomic E-state index is 12.9. The van der Waals surface area contributed by atoms with Crippen molar-refractivity contribution in [3.63, 3.8) is 0 Å². The van der Waals surface area contributed by atoms with Gasteiger partial charge in [-0.2, -0.15) is 0 Å². The molecule has 86 valence electrons. The first-order valence-electron chi connectivity index (χ1n) is 5.42. The van der Waals surface area contributed by atoms with Crippen LogP contribution in [0.5, 0.6) is 0 Å². The van der Waals surface area contributed by atoms with E-state index in [0.29, 0.717) is 6.42 Å². The first kappa shape index (κ1) is 11.1. The lowest BCUT2D eigenvalue weighted by Crippen LogP contribution is -2.48. The molecule has 0 spiro atoms. The Hall–Kier alpha value is -1.38. The largest absolute Gasteiger partial charge is 0.350 e. The van der Waals surface area contributed by atoms with Gasteiger partial charge in [-0.1, -0.05) is 19.1 Å². The van der Waals surface area contributed by atoms with Crippen LogP contribution in [-0.4, -0.2) is 11.4 Å². The van der Waals surface area contributed by atoms with E-state index in [1.54, 1.807) is 12.1 Å². The van der Waals surface area contributed by atoms with Gasteiger partial charge in [-0.25, -0.2) is 4.39 Å². The number of rotatable bonds is 1. The molecule has 1 aromatic rings. The molecular formula is C13H16FNO. The highest BCUT2D eigenvalue weighted by Gasteiger charge is 2.50. The number of carbonyl (C=O) groups excluding carboxylic acids is 1. The lowest BCUT2D eigenvalue weighted by atomic mass is 9.69. The number of amides is 1. The summed E-state index contributed by atoms with van der Waals surface area (Å²) >= 11 is 0. The second-order valence-electron chi connectivity index (χ2n) is 5.19. The molecule has 1 fully saturated rings. The summed E-state index contributed by atoms with van der Waals surface area (Å²) in [5.41, 5.74) is 0.414. The second kappa shape index (κ2) is 3.30. The van der Waals surface area contributed by atoms with Gasteiger partial charge in [-0.15, -0.1) is 0 Å². The smallest absolute Gasteiger partial charge is 0.221 e. The zero-order valence-corrected chi connectivity index (χ0v) is 9.80. The number of hydrogen-bond acceptors (Lipinski definition) is 1. The summed E-state index contributed by atoms with van der Waals surface area (Å²) in [6.07, 6.45) is 0.450. The standard InChI is InChI=1S/C13H16FNO/c1-12(2)13(3,8-11(16)15-12)9-4-6-10(14)7-5-9/h4-7H,8H2,1-3H3,(H,15,16). The molecule has 1 atom stereocenters. The van der Waals surface area contributed by atoms with Crippen LogP contribution < -0.4 is 5.32 Å². The van der Waals surface area contributed by atoms with Gasteiger partial charge < -0.3 is 5.32 Å². The van der Waals surface area contributed by atoms with Crippen molar-refractivity contribution in [2.45, 2.75) is 38.1 Å². The van der Waals surface area contributed by atoms with Crippen molar-refractivity contribution < 1.29 is 9.18 Å². The van der Waals surface area contributed by atoms with Gasteiger partial charge in [0.1, 0.15) is 5.82 Å². The molecule has 0 aromatic heterocycles.